The molecular formula is C9H10Cl2N2S. The molecule has 1 heterocycles. The van der Waals surface area contributed by atoms with Crippen molar-refractivity contribution in [2.75, 3.05) is 18.2 Å². The molecular weight excluding hydrogens is 239 g/mol. The van der Waals surface area contributed by atoms with Gasteiger partial charge in [0.1, 0.15) is 6.17 Å². The first kappa shape index (κ1) is 10.4. The van der Waals surface area contributed by atoms with Crippen molar-refractivity contribution in [3.63, 3.8) is 0 Å². The Labute approximate surface area is 97.7 Å². The van der Waals surface area contributed by atoms with Crippen molar-refractivity contribution in [3.05, 3.63) is 23.2 Å². The second-order valence-corrected chi connectivity index (χ2v) is 5.04. The molecule has 1 aliphatic heterocycles. The van der Waals surface area contributed by atoms with Crippen LogP contribution in [0, 0.1) is 0 Å². The van der Waals surface area contributed by atoms with Crippen LogP contribution in [-0.4, -0.2) is 23.4 Å². The van der Waals surface area contributed by atoms with Gasteiger partial charge in [0.05, 0.1) is 11.6 Å². The normalized spacial score (nSPS) is 21.5. The molecule has 0 fully saturated rings. The molecule has 76 valence electrons. The Morgan fingerprint density at radius 3 is 3.07 bits per heavy atom. The van der Waals surface area contributed by atoms with Crippen LogP contribution in [0.25, 0.3) is 0 Å². The van der Waals surface area contributed by atoms with Gasteiger partial charge in [0.15, 0.2) is 0 Å². The van der Waals surface area contributed by atoms with E-state index in [4.69, 9.17) is 23.2 Å². The molecule has 1 aromatic rings. The Morgan fingerprint density at radius 2 is 2.36 bits per heavy atom. The largest absolute Gasteiger partial charge is 0.367 e. The van der Waals surface area contributed by atoms with Gasteiger partial charge in [0.25, 0.3) is 0 Å². The summed E-state index contributed by atoms with van der Waals surface area (Å²) in [6.45, 7) is 0. The maximum Gasteiger partial charge on any atom is 0.103 e. The molecule has 2 rings (SSSR count). The number of alkyl halides is 1. The predicted molar refractivity (Wildman–Crippen MR) is 63.2 cm³/mol. The van der Waals surface area contributed by atoms with Gasteiger partial charge in [-0.1, -0.05) is 11.6 Å². The van der Waals surface area contributed by atoms with Crippen LogP contribution in [-0.2, 0) is 0 Å². The van der Waals surface area contributed by atoms with E-state index in [-0.39, 0.29) is 6.17 Å². The molecule has 2 nitrogen and oxygen atoms in total. The first-order valence-corrected chi connectivity index (χ1v) is 5.92. The van der Waals surface area contributed by atoms with E-state index in [0.717, 1.165) is 10.7 Å². The molecule has 1 N–H and O–H groups in total. The van der Waals surface area contributed by atoms with Gasteiger partial charge in [0, 0.05) is 17.0 Å². The molecule has 0 bridgehead atoms. The SMILES string of the molecule is CN1Sc2ccc(Cl)cc2NC1CCl. The van der Waals surface area contributed by atoms with Crippen molar-refractivity contribution < 1.29 is 0 Å². The van der Waals surface area contributed by atoms with Crippen LogP contribution in [0.4, 0.5) is 5.69 Å². The van der Waals surface area contributed by atoms with Gasteiger partial charge in [-0.25, -0.2) is 4.31 Å². The van der Waals surface area contributed by atoms with E-state index in [1.807, 2.05) is 25.2 Å². The summed E-state index contributed by atoms with van der Waals surface area (Å²) in [4.78, 5) is 1.18. The van der Waals surface area contributed by atoms with Crippen molar-refractivity contribution in [2.24, 2.45) is 0 Å². The smallest absolute Gasteiger partial charge is 0.103 e. The van der Waals surface area contributed by atoms with Gasteiger partial charge in [-0.05, 0) is 30.1 Å². The van der Waals surface area contributed by atoms with Gasteiger partial charge in [-0.2, -0.15) is 0 Å². The summed E-state index contributed by atoms with van der Waals surface area (Å²) in [5.74, 6) is 0.551. The number of fused-ring (bicyclic) bond motifs is 1. The minimum atomic E-state index is 0.160. The van der Waals surface area contributed by atoms with Crippen molar-refractivity contribution in [3.8, 4) is 0 Å². The van der Waals surface area contributed by atoms with E-state index in [1.165, 1.54) is 4.90 Å². The third-order valence-electron chi connectivity index (χ3n) is 2.09. The maximum absolute atomic E-state index is 5.91. The number of nitrogens with one attached hydrogen (secondary N) is 1. The lowest BCUT2D eigenvalue weighted by molar-refractivity contribution is 0.476. The number of halogens is 2. The highest BCUT2D eigenvalue weighted by Gasteiger charge is 2.22. The van der Waals surface area contributed by atoms with Gasteiger partial charge >= 0.3 is 0 Å². The highest BCUT2D eigenvalue weighted by molar-refractivity contribution is 7.97. The van der Waals surface area contributed by atoms with Gasteiger partial charge < -0.3 is 5.32 Å². The fourth-order valence-electron chi connectivity index (χ4n) is 1.32. The van der Waals surface area contributed by atoms with Crippen LogP contribution in [0.15, 0.2) is 23.1 Å². The van der Waals surface area contributed by atoms with Gasteiger partial charge in [-0.3, -0.25) is 0 Å². The zero-order valence-corrected chi connectivity index (χ0v) is 9.96. The Hall–Kier alpha value is -0.0900. The fraction of sp³-hybridized carbons (Fsp3) is 0.333. The van der Waals surface area contributed by atoms with E-state index in [0.29, 0.717) is 5.88 Å². The standard InChI is InChI=1S/C9H10Cl2N2S/c1-13-9(5-10)12-7-4-6(11)2-3-8(7)14-13/h2-4,9,12H,5H2,1H3. The van der Waals surface area contributed by atoms with E-state index in [2.05, 4.69) is 9.62 Å². The number of rotatable bonds is 1. The second kappa shape index (κ2) is 4.19. The van der Waals surface area contributed by atoms with E-state index in [9.17, 15) is 0 Å². The van der Waals surface area contributed by atoms with Crippen molar-refractivity contribution >= 4 is 40.8 Å². The molecule has 14 heavy (non-hydrogen) atoms. The van der Waals surface area contributed by atoms with Crippen LogP contribution in [0.3, 0.4) is 0 Å². The highest BCUT2D eigenvalue weighted by Crippen LogP contribution is 2.37. The van der Waals surface area contributed by atoms with E-state index >= 15 is 0 Å². The minimum Gasteiger partial charge on any atom is -0.367 e. The van der Waals surface area contributed by atoms with Crippen molar-refractivity contribution in [1.82, 2.24) is 4.31 Å². The minimum absolute atomic E-state index is 0.160. The maximum atomic E-state index is 5.91. The number of nitrogens with zero attached hydrogens (tertiary/aromatic N) is 1. The summed E-state index contributed by atoms with van der Waals surface area (Å²) in [6.07, 6.45) is 0.160. The van der Waals surface area contributed by atoms with Crippen LogP contribution >= 0.6 is 35.1 Å². The monoisotopic (exact) mass is 248 g/mol. The topological polar surface area (TPSA) is 15.3 Å². The van der Waals surface area contributed by atoms with E-state index in [1.54, 1.807) is 11.9 Å². The fourth-order valence-corrected chi connectivity index (χ4v) is 2.77. The predicted octanol–water partition coefficient (Wildman–Crippen LogP) is 3.27. The van der Waals surface area contributed by atoms with Crippen LogP contribution in [0.1, 0.15) is 0 Å². The zero-order chi connectivity index (χ0) is 10.1. The Bertz CT molecular complexity index is 346. The van der Waals surface area contributed by atoms with Crippen molar-refractivity contribution in [1.29, 1.82) is 0 Å². The lowest BCUT2D eigenvalue weighted by Gasteiger charge is -2.33. The molecule has 5 heteroatoms. The number of hydrogen-bond acceptors (Lipinski definition) is 3. The van der Waals surface area contributed by atoms with Crippen LogP contribution in [0.5, 0.6) is 0 Å². The summed E-state index contributed by atoms with van der Waals surface area (Å²) in [6, 6.07) is 5.83. The summed E-state index contributed by atoms with van der Waals surface area (Å²) >= 11 is 13.4. The lowest BCUT2D eigenvalue weighted by Crippen LogP contribution is -2.37. The Kier molecular flexibility index (Phi) is 3.12. The molecule has 1 aliphatic rings. The summed E-state index contributed by atoms with van der Waals surface area (Å²) in [5.41, 5.74) is 1.06. The molecule has 0 radical (unpaired) electrons. The van der Waals surface area contributed by atoms with Crippen LogP contribution in [0.2, 0.25) is 5.02 Å². The Morgan fingerprint density at radius 1 is 1.57 bits per heavy atom. The third-order valence-corrected chi connectivity index (χ3v) is 3.71. The van der Waals surface area contributed by atoms with E-state index < -0.39 is 0 Å². The molecule has 0 aliphatic carbocycles. The molecule has 1 unspecified atom stereocenters. The summed E-state index contributed by atoms with van der Waals surface area (Å²) < 4.78 is 2.10. The second-order valence-electron chi connectivity index (χ2n) is 3.09. The first-order valence-electron chi connectivity index (χ1n) is 4.23. The average molecular weight is 249 g/mol. The van der Waals surface area contributed by atoms with Crippen molar-refractivity contribution in [2.45, 2.75) is 11.1 Å². The molecule has 0 amide bonds. The molecule has 0 saturated heterocycles. The Balaban J connectivity index is 2.31. The van der Waals surface area contributed by atoms with Gasteiger partial charge in [-0.15, -0.1) is 11.6 Å². The van der Waals surface area contributed by atoms with Crippen LogP contribution < -0.4 is 5.32 Å². The molecule has 1 aromatic carbocycles. The summed E-state index contributed by atoms with van der Waals surface area (Å²) in [5, 5.41) is 4.07. The third kappa shape index (κ3) is 1.96. The molecule has 1 atom stereocenters. The quantitative estimate of drug-likeness (QED) is 0.607. The number of anilines is 1. The zero-order valence-electron chi connectivity index (χ0n) is 7.63. The van der Waals surface area contributed by atoms with Gasteiger partial charge in [0.2, 0.25) is 0 Å². The molecule has 0 spiro atoms. The molecule has 0 aromatic heterocycles. The first-order chi connectivity index (χ1) is 6.70. The highest BCUT2D eigenvalue weighted by atomic mass is 35.5. The lowest BCUT2D eigenvalue weighted by atomic mass is 10.3. The number of hydrogen-bond donors (Lipinski definition) is 1. The summed E-state index contributed by atoms with van der Waals surface area (Å²) in [7, 11) is 2.02. The molecule has 0 saturated carbocycles. The average Bonchev–Trinajstić information content (AvgIpc) is 2.17. The number of benzene rings is 1.